The molecule has 102 valence electrons. The maximum Gasteiger partial charge on any atom is 0.274 e. The van der Waals surface area contributed by atoms with E-state index in [2.05, 4.69) is 15.5 Å². The SMILES string of the molecule is CNC(=O)C1CCN(C(=O)c2ccc(=O)[nH]n2)CC1. The summed E-state index contributed by atoms with van der Waals surface area (Å²) >= 11 is 0. The highest BCUT2D eigenvalue weighted by molar-refractivity contribution is 5.92. The molecule has 2 amide bonds. The van der Waals surface area contributed by atoms with Gasteiger partial charge in [-0.15, -0.1) is 0 Å². The van der Waals surface area contributed by atoms with Crippen LogP contribution in [0.2, 0.25) is 0 Å². The van der Waals surface area contributed by atoms with Crippen molar-refractivity contribution in [2.24, 2.45) is 5.92 Å². The number of aromatic nitrogens is 2. The first-order valence-corrected chi connectivity index (χ1v) is 6.18. The number of likely N-dealkylation sites (tertiary alicyclic amines) is 1. The second-order valence-electron chi connectivity index (χ2n) is 4.49. The summed E-state index contributed by atoms with van der Waals surface area (Å²) in [6, 6.07) is 2.68. The number of piperidine rings is 1. The molecule has 0 radical (unpaired) electrons. The Balaban J connectivity index is 1.98. The normalized spacial score (nSPS) is 16.2. The van der Waals surface area contributed by atoms with E-state index in [0.29, 0.717) is 25.9 Å². The Morgan fingerprint density at radius 1 is 1.37 bits per heavy atom. The van der Waals surface area contributed by atoms with Crippen LogP contribution in [0.15, 0.2) is 16.9 Å². The predicted octanol–water partition coefficient (Wildman–Crippen LogP) is -0.632. The Morgan fingerprint density at radius 2 is 2.05 bits per heavy atom. The van der Waals surface area contributed by atoms with Crippen LogP contribution in [0.1, 0.15) is 23.3 Å². The highest BCUT2D eigenvalue weighted by Gasteiger charge is 2.27. The summed E-state index contributed by atoms with van der Waals surface area (Å²) in [7, 11) is 1.62. The summed E-state index contributed by atoms with van der Waals surface area (Å²) < 4.78 is 0. The summed E-state index contributed by atoms with van der Waals surface area (Å²) in [6.07, 6.45) is 1.30. The molecule has 1 aliphatic heterocycles. The molecule has 7 heteroatoms. The molecule has 0 aliphatic carbocycles. The molecular formula is C12H16N4O3. The lowest BCUT2D eigenvalue weighted by atomic mass is 9.96. The van der Waals surface area contributed by atoms with Gasteiger partial charge in [-0.2, -0.15) is 5.10 Å². The van der Waals surface area contributed by atoms with Gasteiger partial charge in [0.25, 0.3) is 11.5 Å². The number of carbonyl (C=O) groups is 2. The molecule has 1 aromatic rings. The fraction of sp³-hybridized carbons (Fsp3) is 0.500. The number of rotatable bonds is 2. The van der Waals surface area contributed by atoms with Crippen molar-refractivity contribution in [1.29, 1.82) is 0 Å². The minimum Gasteiger partial charge on any atom is -0.359 e. The number of carbonyl (C=O) groups excluding carboxylic acids is 2. The summed E-state index contributed by atoms with van der Waals surface area (Å²) in [5, 5.41) is 8.58. The van der Waals surface area contributed by atoms with Crippen molar-refractivity contribution < 1.29 is 9.59 Å². The van der Waals surface area contributed by atoms with Crippen LogP contribution in [0.5, 0.6) is 0 Å². The Labute approximate surface area is 110 Å². The van der Waals surface area contributed by atoms with E-state index >= 15 is 0 Å². The fourth-order valence-corrected chi connectivity index (χ4v) is 2.17. The molecule has 0 atom stereocenters. The van der Waals surface area contributed by atoms with E-state index in [4.69, 9.17) is 0 Å². The third kappa shape index (κ3) is 2.98. The maximum atomic E-state index is 12.1. The quantitative estimate of drug-likeness (QED) is 0.743. The van der Waals surface area contributed by atoms with E-state index in [1.165, 1.54) is 12.1 Å². The van der Waals surface area contributed by atoms with Gasteiger partial charge in [0, 0.05) is 32.1 Å². The molecule has 19 heavy (non-hydrogen) atoms. The zero-order valence-electron chi connectivity index (χ0n) is 10.7. The van der Waals surface area contributed by atoms with Gasteiger partial charge < -0.3 is 10.2 Å². The van der Waals surface area contributed by atoms with Gasteiger partial charge in [0.05, 0.1) is 0 Å². The summed E-state index contributed by atoms with van der Waals surface area (Å²) in [6.45, 7) is 1.05. The van der Waals surface area contributed by atoms with Crippen molar-refractivity contribution in [2.75, 3.05) is 20.1 Å². The number of amides is 2. The van der Waals surface area contributed by atoms with Crippen LogP contribution >= 0.6 is 0 Å². The first-order chi connectivity index (χ1) is 9.11. The smallest absolute Gasteiger partial charge is 0.274 e. The summed E-state index contributed by atoms with van der Waals surface area (Å²) in [5.74, 6) is -0.224. The van der Waals surface area contributed by atoms with E-state index in [0.717, 1.165) is 0 Å². The topological polar surface area (TPSA) is 95.2 Å². The molecule has 2 rings (SSSR count). The second-order valence-corrected chi connectivity index (χ2v) is 4.49. The van der Waals surface area contributed by atoms with Crippen LogP contribution in [0.25, 0.3) is 0 Å². The summed E-state index contributed by atoms with van der Waals surface area (Å²) in [4.78, 5) is 36.1. The number of nitrogens with one attached hydrogen (secondary N) is 2. The van der Waals surface area contributed by atoms with Crippen LogP contribution in [0.3, 0.4) is 0 Å². The van der Waals surface area contributed by atoms with Gasteiger partial charge in [-0.25, -0.2) is 5.10 Å². The number of hydrogen-bond acceptors (Lipinski definition) is 4. The molecule has 0 spiro atoms. The van der Waals surface area contributed by atoms with Gasteiger partial charge in [-0.1, -0.05) is 0 Å². The van der Waals surface area contributed by atoms with Crippen molar-refractivity contribution in [3.05, 3.63) is 28.2 Å². The lowest BCUT2D eigenvalue weighted by Gasteiger charge is -2.30. The fourth-order valence-electron chi connectivity index (χ4n) is 2.17. The Kier molecular flexibility index (Phi) is 3.94. The van der Waals surface area contributed by atoms with Crippen molar-refractivity contribution in [3.8, 4) is 0 Å². The van der Waals surface area contributed by atoms with E-state index in [-0.39, 0.29) is 29.0 Å². The molecule has 2 heterocycles. The standard InChI is InChI=1S/C12H16N4O3/c1-13-11(18)8-4-6-16(7-5-8)12(19)9-2-3-10(17)15-14-9/h2-3,8H,4-7H2,1H3,(H,13,18)(H,15,17). The Hall–Kier alpha value is -2.18. The third-order valence-electron chi connectivity index (χ3n) is 3.30. The average molecular weight is 264 g/mol. The van der Waals surface area contributed by atoms with Gasteiger partial charge >= 0.3 is 0 Å². The van der Waals surface area contributed by atoms with Gasteiger partial charge in [-0.05, 0) is 18.9 Å². The number of hydrogen-bond donors (Lipinski definition) is 2. The first-order valence-electron chi connectivity index (χ1n) is 6.18. The molecule has 1 aromatic heterocycles. The minimum absolute atomic E-state index is 0.0225. The van der Waals surface area contributed by atoms with E-state index in [1.54, 1.807) is 11.9 Å². The average Bonchev–Trinajstić information content (AvgIpc) is 2.46. The summed E-state index contributed by atoms with van der Waals surface area (Å²) in [5.41, 5.74) is -0.118. The van der Waals surface area contributed by atoms with Gasteiger partial charge in [0.1, 0.15) is 5.69 Å². The highest BCUT2D eigenvalue weighted by Crippen LogP contribution is 2.18. The van der Waals surface area contributed by atoms with Gasteiger partial charge in [0.15, 0.2) is 0 Å². The Morgan fingerprint density at radius 3 is 2.58 bits per heavy atom. The lowest BCUT2D eigenvalue weighted by Crippen LogP contribution is -2.42. The number of H-pyrrole nitrogens is 1. The number of nitrogens with zero attached hydrogens (tertiary/aromatic N) is 2. The van der Waals surface area contributed by atoms with Gasteiger partial charge in [0.2, 0.25) is 5.91 Å². The maximum absolute atomic E-state index is 12.1. The molecule has 1 saturated heterocycles. The molecular weight excluding hydrogens is 248 g/mol. The first kappa shape index (κ1) is 13.3. The van der Waals surface area contributed by atoms with Crippen molar-refractivity contribution in [3.63, 3.8) is 0 Å². The van der Waals surface area contributed by atoms with E-state index in [9.17, 15) is 14.4 Å². The molecule has 0 saturated carbocycles. The van der Waals surface area contributed by atoms with Crippen molar-refractivity contribution in [2.45, 2.75) is 12.8 Å². The monoisotopic (exact) mass is 264 g/mol. The van der Waals surface area contributed by atoms with Crippen molar-refractivity contribution in [1.82, 2.24) is 20.4 Å². The Bertz CT molecular complexity index is 512. The van der Waals surface area contributed by atoms with E-state index < -0.39 is 0 Å². The third-order valence-corrected chi connectivity index (χ3v) is 3.30. The largest absolute Gasteiger partial charge is 0.359 e. The molecule has 7 nitrogen and oxygen atoms in total. The molecule has 1 aliphatic rings. The molecule has 0 aromatic carbocycles. The molecule has 0 bridgehead atoms. The predicted molar refractivity (Wildman–Crippen MR) is 67.6 cm³/mol. The van der Waals surface area contributed by atoms with Crippen LogP contribution in [-0.4, -0.2) is 47.0 Å². The van der Waals surface area contributed by atoms with E-state index in [1.807, 2.05) is 0 Å². The highest BCUT2D eigenvalue weighted by atomic mass is 16.2. The van der Waals surface area contributed by atoms with Crippen LogP contribution in [0.4, 0.5) is 0 Å². The zero-order chi connectivity index (χ0) is 13.8. The second kappa shape index (κ2) is 5.64. The van der Waals surface area contributed by atoms with Crippen LogP contribution in [-0.2, 0) is 4.79 Å². The van der Waals surface area contributed by atoms with Crippen molar-refractivity contribution >= 4 is 11.8 Å². The molecule has 0 unspecified atom stereocenters. The van der Waals surface area contributed by atoms with Crippen LogP contribution in [0, 0.1) is 5.92 Å². The zero-order valence-corrected chi connectivity index (χ0v) is 10.7. The molecule has 2 N–H and O–H groups in total. The number of aromatic amines is 1. The minimum atomic E-state index is -0.338. The molecule has 1 fully saturated rings. The van der Waals surface area contributed by atoms with Crippen LogP contribution < -0.4 is 10.9 Å². The van der Waals surface area contributed by atoms with Gasteiger partial charge in [-0.3, -0.25) is 14.4 Å². The lowest BCUT2D eigenvalue weighted by molar-refractivity contribution is -0.125.